The molecule has 0 radical (unpaired) electrons. The average Bonchev–Trinajstić information content (AvgIpc) is 3.09. The van der Waals surface area contributed by atoms with Crippen LogP contribution in [0.25, 0.3) is 0 Å². The molecule has 7 heteroatoms. The van der Waals surface area contributed by atoms with E-state index < -0.39 is 0 Å². The van der Waals surface area contributed by atoms with Crippen LogP contribution in [0, 0.1) is 0 Å². The van der Waals surface area contributed by atoms with Crippen LogP contribution < -0.4 is 0 Å². The molecule has 1 N–H and O–H groups in total. The largest absolute Gasteiger partial charge is 0.367 e. The Morgan fingerprint density at radius 2 is 2.43 bits per heavy atom. The molecule has 2 aromatic rings. The molecular weight excluding hydrogens is 308 g/mol. The molecule has 0 bridgehead atoms. The van der Waals surface area contributed by atoms with Crippen molar-refractivity contribution in [2.24, 2.45) is 0 Å². The van der Waals surface area contributed by atoms with Crippen LogP contribution in [0.4, 0.5) is 0 Å². The number of ether oxygens (including phenoxy) is 1. The maximum absolute atomic E-state index is 5.99. The number of morpholine rings is 1. The quantitative estimate of drug-likeness (QED) is 0.917. The highest BCUT2D eigenvalue weighted by molar-refractivity contribution is 7.16. The molecule has 1 saturated heterocycles. The van der Waals surface area contributed by atoms with Crippen LogP contribution >= 0.6 is 22.9 Å². The molecule has 0 amide bonds. The number of aryl methyl sites for hydroxylation is 1. The number of H-pyrrole nitrogens is 1. The van der Waals surface area contributed by atoms with Crippen molar-refractivity contribution >= 4 is 22.9 Å². The van der Waals surface area contributed by atoms with Gasteiger partial charge in [-0.2, -0.15) is 5.10 Å². The Balaban J connectivity index is 1.61. The van der Waals surface area contributed by atoms with Crippen LogP contribution in [0.5, 0.6) is 0 Å². The second-order valence-electron chi connectivity index (χ2n) is 5.19. The van der Waals surface area contributed by atoms with Gasteiger partial charge in [-0.05, 0) is 18.6 Å². The Labute approximate surface area is 133 Å². The molecule has 3 rings (SSSR count). The molecule has 1 aliphatic rings. The van der Waals surface area contributed by atoms with Crippen LogP contribution in [-0.2, 0) is 17.7 Å². The number of hydrogen-bond donors (Lipinski definition) is 1. The molecule has 0 aliphatic carbocycles. The summed E-state index contributed by atoms with van der Waals surface area (Å²) in [6.07, 6.45) is 1.94. The Morgan fingerprint density at radius 3 is 3.19 bits per heavy atom. The second kappa shape index (κ2) is 6.87. The van der Waals surface area contributed by atoms with Crippen LogP contribution in [0.15, 0.2) is 12.1 Å². The molecule has 21 heavy (non-hydrogen) atoms. The standard InChI is InChI=1S/C14H19ClN4OS/c1-2-3-13-16-14(18-17-13)11-9-19(6-7-20-11)8-10-4-5-12(15)21-10/h4-5,11H,2-3,6-9H2,1H3,(H,16,17,18). The summed E-state index contributed by atoms with van der Waals surface area (Å²) in [5.41, 5.74) is 0. The van der Waals surface area contributed by atoms with Crippen molar-refractivity contribution in [2.45, 2.75) is 32.4 Å². The summed E-state index contributed by atoms with van der Waals surface area (Å²) < 4.78 is 6.66. The number of hydrogen-bond acceptors (Lipinski definition) is 5. The van der Waals surface area contributed by atoms with E-state index >= 15 is 0 Å². The fourth-order valence-electron chi connectivity index (χ4n) is 2.46. The van der Waals surface area contributed by atoms with E-state index in [9.17, 15) is 0 Å². The highest BCUT2D eigenvalue weighted by Crippen LogP contribution is 2.25. The fraction of sp³-hybridized carbons (Fsp3) is 0.571. The molecule has 2 aromatic heterocycles. The zero-order chi connectivity index (χ0) is 14.7. The molecule has 1 unspecified atom stereocenters. The number of aromatic nitrogens is 3. The summed E-state index contributed by atoms with van der Waals surface area (Å²) in [5, 5.41) is 7.29. The lowest BCUT2D eigenvalue weighted by Gasteiger charge is -2.31. The van der Waals surface area contributed by atoms with Crippen molar-refractivity contribution in [3.8, 4) is 0 Å². The summed E-state index contributed by atoms with van der Waals surface area (Å²) in [6, 6.07) is 4.04. The van der Waals surface area contributed by atoms with Crippen LogP contribution in [0.1, 0.15) is 36.0 Å². The van der Waals surface area contributed by atoms with Gasteiger partial charge < -0.3 is 4.74 Å². The van der Waals surface area contributed by atoms with E-state index in [-0.39, 0.29) is 6.10 Å². The molecule has 0 spiro atoms. The van der Waals surface area contributed by atoms with Crippen molar-refractivity contribution in [3.63, 3.8) is 0 Å². The number of rotatable bonds is 5. The molecule has 114 valence electrons. The van der Waals surface area contributed by atoms with E-state index in [1.165, 1.54) is 4.88 Å². The first kappa shape index (κ1) is 15.0. The molecule has 1 atom stereocenters. The van der Waals surface area contributed by atoms with Gasteiger partial charge in [0.25, 0.3) is 0 Å². The van der Waals surface area contributed by atoms with E-state index in [2.05, 4.69) is 33.1 Å². The van der Waals surface area contributed by atoms with E-state index in [1.54, 1.807) is 11.3 Å². The molecule has 1 aliphatic heterocycles. The predicted octanol–water partition coefficient (Wildman–Crippen LogP) is 3.05. The summed E-state index contributed by atoms with van der Waals surface area (Å²) in [5.74, 6) is 1.71. The predicted molar refractivity (Wildman–Crippen MR) is 83.7 cm³/mol. The van der Waals surface area contributed by atoms with E-state index in [0.717, 1.165) is 48.5 Å². The van der Waals surface area contributed by atoms with Crippen molar-refractivity contribution in [1.82, 2.24) is 20.1 Å². The second-order valence-corrected chi connectivity index (χ2v) is 6.99. The molecule has 1 fully saturated rings. The summed E-state index contributed by atoms with van der Waals surface area (Å²) >= 11 is 7.62. The molecule has 3 heterocycles. The van der Waals surface area contributed by atoms with Gasteiger partial charge in [0.1, 0.15) is 11.9 Å². The molecule has 0 saturated carbocycles. The van der Waals surface area contributed by atoms with Gasteiger partial charge in [0.2, 0.25) is 0 Å². The lowest BCUT2D eigenvalue weighted by molar-refractivity contribution is -0.0367. The SMILES string of the molecule is CCCc1nc(C2CN(Cc3ccc(Cl)s3)CCO2)n[nH]1. The molecule has 0 aromatic carbocycles. The average molecular weight is 327 g/mol. The Kier molecular flexibility index (Phi) is 4.90. The lowest BCUT2D eigenvalue weighted by atomic mass is 10.2. The van der Waals surface area contributed by atoms with Gasteiger partial charge in [0.15, 0.2) is 5.82 Å². The first-order chi connectivity index (χ1) is 10.2. The van der Waals surface area contributed by atoms with Crippen molar-refractivity contribution in [2.75, 3.05) is 19.7 Å². The maximum atomic E-state index is 5.99. The topological polar surface area (TPSA) is 54.0 Å². The summed E-state index contributed by atoms with van der Waals surface area (Å²) in [7, 11) is 0. The first-order valence-corrected chi connectivity index (χ1v) is 8.43. The van der Waals surface area contributed by atoms with Gasteiger partial charge in [-0.3, -0.25) is 10.00 Å². The highest BCUT2D eigenvalue weighted by atomic mass is 35.5. The Hall–Kier alpha value is -0.950. The smallest absolute Gasteiger partial charge is 0.180 e. The summed E-state index contributed by atoms with van der Waals surface area (Å²) in [6.45, 7) is 5.50. The molecule has 5 nitrogen and oxygen atoms in total. The Morgan fingerprint density at radius 1 is 1.52 bits per heavy atom. The van der Waals surface area contributed by atoms with Gasteiger partial charge in [0, 0.05) is 30.9 Å². The van der Waals surface area contributed by atoms with Gasteiger partial charge in [-0.1, -0.05) is 18.5 Å². The Bertz CT molecular complexity index is 585. The minimum atomic E-state index is -0.0453. The lowest BCUT2D eigenvalue weighted by Crippen LogP contribution is -2.38. The minimum Gasteiger partial charge on any atom is -0.367 e. The number of thiophene rings is 1. The van der Waals surface area contributed by atoms with Crippen molar-refractivity contribution in [1.29, 1.82) is 0 Å². The summed E-state index contributed by atoms with van der Waals surface area (Å²) in [4.78, 5) is 8.18. The van der Waals surface area contributed by atoms with Gasteiger partial charge in [0.05, 0.1) is 10.9 Å². The van der Waals surface area contributed by atoms with Crippen LogP contribution in [0.2, 0.25) is 4.34 Å². The van der Waals surface area contributed by atoms with Crippen LogP contribution in [-0.4, -0.2) is 39.8 Å². The van der Waals surface area contributed by atoms with Crippen molar-refractivity contribution < 1.29 is 4.74 Å². The fourth-order valence-corrected chi connectivity index (χ4v) is 3.59. The maximum Gasteiger partial charge on any atom is 0.180 e. The number of aromatic amines is 1. The van der Waals surface area contributed by atoms with E-state index in [0.29, 0.717) is 6.61 Å². The van der Waals surface area contributed by atoms with Gasteiger partial charge in [-0.25, -0.2) is 4.98 Å². The number of halogens is 1. The van der Waals surface area contributed by atoms with Crippen molar-refractivity contribution in [3.05, 3.63) is 33.0 Å². The molecular formula is C14H19ClN4OS. The van der Waals surface area contributed by atoms with E-state index in [4.69, 9.17) is 16.3 Å². The van der Waals surface area contributed by atoms with Gasteiger partial charge in [-0.15, -0.1) is 11.3 Å². The van der Waals surface area contributed by atoms with E-state index in [1.807, 2.05) is 6.07 Å². The minimum absolute atomic E-state index is 0.0453. The van der Waals surface area contributed by atoms with Crippen LogP contribution in [0.3, 0.4) is 0 Å². The third-order valence-corrected chi connectivity index (χ3v) is 4.70. The normalized spacial score (nSPS) is 20.0. The zero-order valence-corrected chi connectivity index (χ0v) is 13.6. The number of nitrogens with zero attached hydrogens (tertiary/aromatic N) is 3. The third kappa shape index (κ3) is 3.83. The number of nitrogens with one attached hydrogen (secondary N) is 1. The highest BCUT2D eigenvalue weighted by Gasteiger charge is 2.25. The third-order valence-electron chi connectivity index (χ3n) is 3.48. The van der Waals surface area contributed by atoms with Gasteiger partial charge >= 0.3 is 0 Å². The first-order valence-electron chi connectivity index (χ1n) is 7.24. The monoisotopic (exact) mass is 326 g/mol. The zero-order valence-electron chi connectivity index (χ0n) is 12.0.